The van der Waals surface area contributed by atoms with Gasteiger partial charge in [0.05, 0.1) is 12.2 Å². The Kier molecular flexibility index (Phi) is 3.26. The van der Waals surface area contributed by atoms with Gasteiger partial charge in [0, 0.05) is 11.4 Å². The summed E-state index contributed by atoms with van der Waals surface area (Å²) in [7, 11) is 0. The van der Waals surface area contributed by atoms with Crippen molar-refractivity contribution in [2.75, 3.05) is 18.5 Å². The van der Waals surface area contributed by atoms with Gasteiger partial charge in [-0.3, -0.25) is 4.79 Å². The predicted molar refractivity (Wildman–Crippen MR) is 60.2 cm³/mol. The van der Waals surface area contributed by atoms with Crippen molar-refractivity contribution >= 4 is 21.7 Å². The van der Waals surface area contributed by atoms with E-state index in [-0.39, 0.29) is 12.4 Å². The van der Waals surface area contributed by atoms with E-state index in [2.05, 4.69) is 15.9 Å². The summed E-state index contributed by atoms with van der Waals surface area (Å²) in [4.78, 5) is 11.3. The molecule has 0 spiro atoms. The van der Waals surface area contributed by atoms with Crippen LogP contribution < -0.4 is 9.47 Å². The summed E-state index contributed by atoms with van der Waals surface area (Å²) in [5.41, 5.74) is 0.655. The molecule has 0 radical (unpaired) electrons. The normalized spacial score (nSPS) is 13.5. The molecule has 0 aliphatic carbocycles. The molecule has 1 aliphatic heterocycles. The van der Waals surface area contributed by atoms with Crippen LogP contribution >= 0.6 is 15.9 Å². The first kappa shape index (κ1) is 10.5. The maximum absolute atomic E-state index is 11.3. The van der Waals surface area contributed by atoms with Crippen molar-refractivity contribution in [2.24, 2.45) is 0 Å². The molecule has 0 amide bonds. The lowest BCUT2D eigenvalue weighted by Gasteiger charge is -2.05. The van der Waals surface area contributed by atoms with Gasteiger partial charge >= 0.3 is 0 Å². The summed E-state index contributed by atoms with van der Waals surface area (Å²) in [6.07, 6.45) is 0.955. The second-order valence-corrected chi connectivity index (χ2v) is 4.05. The van der Waals surface area contributed by atoms with Crippen molar-refractivity contribution in [1.29, 1.82) is 0 Å². The van der Waals surface area contributed by atoms with Gasteiger partial charge in [-0.05, 0) is 18.6 Å². The van der Waals surface area contributed by atoms with Gasteiger partial charge in [-0.15, -0.1) is 0 Å². The third-order valence-corrected chi connectivity index (χ3v) is 2.72. The second kappa shape index (κ2) is 4.66. The summed E-state index contributed by atoms with van der Waals surface area (Å²) < 4.78 is 10.7. The lowest BCUT2D eigenvalue weighted by atomic mass is 10.1. The van der Waals surface area contributed by atoms with E-state index in [1.165, 1.54) is 0 Å². The van der Waals surface area contributed by atoms with E-state index >= 15 is 0 Å². The Hall–Kier alpha value is -1.03. The first-order chi connectivity index (χ1) is 7.31. The number of carbonyl (C=O) groups is 1. The minimum absolute atomic E-state index is 0.0389. The highest BCUT2D eigenvalue weighted by molar-refractivity contribution is 9.09. The van der Waals surface area contributed by atoms with E-state index in [9.17, 15) is 4.79 Å². The van der Waals surface area contributed by atoms with Crippen molar-refractivity contribution < 1.29 is 14.3 Å². The quantitative estimate of drug-likeness (QED) is 0.623. The Labute approximate surface area is 96.5 Å². The van der Waals surface area contributed by atoms with Gasteiger partial charge in [0.25, 0.3) is 0 Å². The molecule has 1 aliphatic rings. The fourth-order valence-electron chi connectivity index (χ4n) is 1.41. The van der Waals surface area contributed by atoms with E-state index in [1.807, 2.05) is 0 Å². The Bertz CT molecular complexity index is 376. The lowest BCUT2D eigenvalue weighted by molar-refractivity contribution is 0.0961. The third kappa shape index (κ3) is 2.31. The van der Waals surface area contributed by atoms with Crippen molar-refractivity contribution in [3.05, 3.63) is 23.8 Å². The summed E-state index contributed by atoms with van der Waals surface area (Å²) in [5, 5.41) is 0.924. The average Bonchev–Trinajstić information content (AvgIpc) is 2.61. The number of halogens is 1. The number of hydrogen-bond donors (Lipinski definition) is 0. The zero-order valence-electron chi connectivity index (χ0n) is 8.16. The van der Waals surface area contributed by atoms with E-state index in [0.717, 1.165) is 17.5 Å². The summed E-state index contributed by atoms with van der Waals surface area (Å²) in [5.74, 6) is 1.43. The molecule has 0 fully saturated rings. The van der Waals surface area contributed by atoms with Crippen LogP contribution in [0.2, 0.25) is 0 Å². The van der Waals surface area contributed by atoms with Gasteiger partial charge in [0.1, 0.15) is 11.5 Å². The van der Waals surface area contributed by atoms with Gasteiger partial charge in [-0.1, -0.05) is 15.9 Å². The number of carbonyl (C=O) groups excluding carboxylic acids is 1. The number of fused-ring (bicyclic) bond motifs is 1. The van der Waals surface area contributed by atoms with Crippen molar-refractivity contribution in [1.82, 2.24) is 0 Å². The smallest absolute Gasteiger partial charge is 0.203 e. The van der Waals surface area contributed by atoms with Gasteiger partial charge in [-0.2, -0.15) is 0 Å². The molecule has 0 saturated carbocycles. The second-order valence-electron chi connectivity index (χ2n) is 3.26. The molecule has 15 heavy (non-hydrogen) atoms. The fraction of sp³-hybridized carbons (Fsp3) is 0.364. The Morgan fingerprint density at radius 1 is 1.47 bits per heavy atom. The monoisotopic (exact) mass is 270 g/mol. The maximum atomic E-state index is 11.3. The van der Waals surface area contributed by atoms with Gasteiger partial charge in [-0.25, -0.2) is 0 Å². The molecule has 0 bridgehead atoms. The number of hydrogen-bond acceptors (Lipinski definition) is 3. The first-order valence-electron chi connectivity index (χ1n) is 4.80. The van der Waals surface area contributed by atoms with E-state index in [0.29, 0.717) is 17.9 Å². The van der Waals surface area contributed by atoms with Crippen LogP contribution in [-0.4, -0.2) is 24.3 Å². The fourth-order valence-corrected chi connectivity index (χ4v) is 1.64. The molecule has 1 aromatic carbocycles. The lowest BCUT2D eigenvalue weighted by Crippen LogP contribution is -1.98. The van der Waals surface area contributed by atoms with Gasteiger partial charge in [0.15, 0.2) is 6.61 Å². The van der Waals surface area contributed by atoms with Crippen LogP contribution in [0.3, 0.4) is 0 Å². The van der Waals surface area contributed by atoms with E-state index < -0.39 is 0 Å². The molecule has 0 atom stereocenters. The van der Waals surface area contributed by atoms with Gasteiger partial charge in [0.2, 0.25) is 5.78 Å². The highest BCUT2D eigenvalue weighted by Crippen LogP contribution is 2.29. The van der Waals surface area contributed by atoms with Crippen LogP contribution in [0, 0.1) is 0 Å². The first-order valence-corrected chi connectivity index (χ1v) is 5.92. The van der Waals surface area contributed by atoms with E-state index in [1.54, 1.807) is 18.2 Å². The summed E-state index contributed by atoms with van der Waals surface area (Å²) in [6, 6.07) is 5.34. The molecular weight excluding hydrogens is 260 g/mol. The SMILES string of the molecule is O=C1COc2cc(OCCCBr)ccc21. The van der Waals surface area contributed by atoms with Crippen LogP contribution in [0.4, 0.5) is 0 Å². The average molecular weight is 271 g/mol. The van der Waals surface area contributed by atoms with Crippen LogP contribution in [0.25, 0.3) is 0 Å². The minimum Gasteiger partial charge on any atom is -0.493 e. The highest BCUT2D eigenvalue weighted by Gasteiger charge is 2.21. The van der Waals surface area contributed by atoms with Crippen molar-refractivity contribution in [3.63, 3.8) is 0 Å². The molecule has 1 heterocycles. The molecule has 80 valence electrons. The Morgan fingerprint density at radius 3 is 3.13 bits per heavy atom. The number of Topliss-reactive ketones (excluding diaryl/α,β-unsaturated/α-hetero) is 1. The number of ether oxygens (including phenoxy) is 2. The van der Waals surface area contributed by atoms with Crippen LogP contribution in [0.15, 0.2) is 18.2 Å². The maximum Gasteiger partial charge on any atom is 0.203 e. The molecule has 3 nitrogen and oxygen atoms in total. The largest absolute Gasteiger partial charge is 0.493 e. The molecule has 4 heteroatoms. The van der Waals surface area contributed by atoms with Crippen LogP contribution in [0.1, 0.15) is 16.8 Å². The zero-order chi connectivity index (χ0) is 10.7. The topological polar surface area (TPSA) is 35.5 Å². The van der Waals surface area contributed by atoms with Crippen molar-refractivity contribution in [2.45, 2.75) is 6.42 Å². The summed E-state index contributed by atoms with van der Waals surface area (Å²) >= 11 is 3.33. The number of benzene rings is 1. The molecule has 0 saturated heterocycles. The molecule has 0 unspecified atom stereocenters. The molecule has 1 aromatic rings. The van der Waals surface area contributed by atoms with Gasteiger partial charge < -0.3 is 9.47 Å². The molecule has 0 aromatic heterocycles. The van der Waals surface area contributed by atoms with Crippen LogP contribution in [0.5, 0.6) is 11.5 Å². The zero-order valence-corrected chi connectivity index (χ0v) is 9.75. The Balaban J connectivity index is 2.06. The highest BCUT2D eigenvalue weighted by atomic mass is 79.9. The predicted octanol–water partition coefficient (Wildman–Crippen LogP) is 2.43. The molecule has 2 rings (SSSR count). The standard InChI is InChI=1S/C11H11BrO3/c12-4-1-5-14-8-2-3-9-10(13)7-15-11(9)6-8/h2-3,6H,1,4-5,7H2. The van der Waals surface area contributed by atoms with Crippen molar-refractivity contribution in [3.8, 4) is 11.5 Å². The minimum atomic E-state index is 0.0389. The van der Waals surface area contributed by atoms with E-state index in [4.69, 9.17) is 9.47 Å². The number of ketones is 1. The third-order valence-electron chi connectivity index (χ3n) is 2.16. The number of alkyl halides is 1. The number of rotatable bonds is 4. The molecular formula is C11H11BrO3. The summed E-state index contributed by atoms with van der Waals surface area (Å²) in [6.45, 7) is 0.818. The Morgan fingerprint density at radius 2 is 2.33 bits per heavy atom. The molecule has 0 N–H and O–H groups in total. The van der Waals surface area contributed by atoms with Crippen LogP contribution in [-0.2, 0) is 0 Å².